The molecular weight excluding hydrogens is 371 g/mol. The molecule has 1 unspecified atom stereocenters. The van der Waals surface area contributed by atoms with Crippen LogP contribution in [0.3, 0.4) is 0 Å². The van der Waals surface area contributed by atoms with Gasteiger partial charge < -0.3 is 10.1 Å². The molecule has 1 aliphatic heterocycles. The molecule has 0 aromatic heterocycles. The van der Waals surface area contributed by atoms with Crippen molar-refractivity contribution in [3.63, 3.8) is 0 Å². The summed E-state index contributed by atoms with van der Waals surface area (Å²) in [5.41, 5.74) is 0.797. The third-order valence-electron chi connectivity index (χ3n) is 3.28. The smallest absolute Gasteiger partial charge is 0.310 e. The highest BCUT2D eigenvalue weighted by atomic mass is 127. The van der Waals surface area contributed by atoms with E-state index >= 15 is 0 Å². The van der Waals surface area contributed by atoms with E-state index in [4.69, 9.17) is 4.74 Å². The molecule has 1 aromatic rings. The lowest BCUT2D eigenvalue weighted by atomic mass is 10.1. The quantitative estimate of drug-likeness (QED) is 0.631. The maximum atomic E-state index is 12.0. The summed E-state index contributed by atoms with van der Waals surface area (Å²) in [6, 6.07) is 7.65. The zero-order valence-electron chi connectivity index (χ0n) is 11.3. The molecule has 0 radical (unpaired) electrons. The summed E-state index contributed by atoms with van der Waals surface area (Å²) in [5.74, 6) is -0.353. The number of carbonyl (C=O) groups is 2. The fraction of sp³-hybridized carbons (Fsp3) is 0.429. The number of methoxy groups -OCH3 is 1. The largest absolute Gasteiger partial charge is 0.469 e. The van der Waals surface area contributed by atoms with E-state index < -0.39 is 0 Å². The molecular formula is C14H17IN2O3. The summed E-state index contributed by atoms with van der Waals surface area (Å²) in [7, 11) is 1.40. The Hall–Kier alpha value is -1.15. The molecule has 0 bridgehead atoms. The van der Waals surface area contributed by atoms with Crippen LogP contribution < -0.4 is 5.32 Å². The van der Waals surface area contributed by atoms with Crippen LogP contribution in [0.15, 0.2) is 24.3 Å². The first-order valence-corrected chi connectivity index (χ1v) is 7.52. The molecule has 1 aliphatic rings. The molecule has 2 rings (SSSR count). The van der Waals surface area contributed by atoms with E-state index in [0.29, 0.717) is 13.1 Å². The molecule has 108 valence electrons. The van der Waals surface area contributed by atoms with Crippen LogP contribution in [0, 0.1) is 9.49 Å². The molecule has 5 nitrogen and oxygen atoms in total. The van der Waals surface area contributed by atoms with Gasteiger partial charge >= 0.3 is 5.97 Å². The van der Waals surface area contributed by atoms with Gasteiger partial charge in [0.2, 0.25) is 5.91 Å². The van der Waals surface area contributed by atoms with E-state index in [1.807, 2.05) is 29.2 Å². The third-order valence-corrected chi connectivity index (χ3v) is 3.95. The Morgan fingerprint density at radius 1 is 1.50 bits per heavy atom. The topological polar surface area (TPSA) is 58.6 Å². The summed E-state index contributed by atoms with van der Waals surface area (Å²) in [6.45, 7) is 1.64. The van der Waals surface area contributed by atoms with Crippen LogP contribution >= 0.6 is 22.6 Å². The number of amides is 1. The fourth-order valence-corrected chi connectivity index (χ4v) is 2.85. The van der Waals surface area contributed by atoms with Gasteiger partial charge in [0, 0.05) is 15.8 Å². The predicted octanol–water partition coefficient (Wildman–Crippen LogP) is 1.72. The fourth-order valence-electron chi connectivity index (χ4n) is 2.31. The number of hydrogen-bond donors (Lipinski definition) is 1. The minimum absolute atomic E-state index is 0.0579. The van der Waals surface area contributed by atoms with Crippen molar-refractivity contribution in [3.8, 4) is 0 Å². The van der Waals surface area contributed by atoms with Crippen molar-refractivity contribution in [3.05, 3.63) is 27.8 Å². The number of nitrogens with one attached hydrogen (secondary N) is 1. The van der Waals surface area contributed by atoms with E-state index in [1.54, 1.807) is 0 Å². The Balaban J connectivity index is 1.82. The lowest BCUT2D eigenvalue weighted by Gasteiger charge is -2.15. The number of anilines is 1. The second kappa shape index (κ2) is 7.03. The van der Waals surface area contributed by atoms with Crippen LogP contribution in [-0.2, 0) is 14.3 Å². The minimum atomic E-state index is -0.189. The first-order chi connectivity index (χ1) is 9.58. The van der Waals surface area contributed by atoms with Crippen LogP contribution in [0.25, 0.3) is 0 Å². The van der Waals surface area contributed by atoms with Gasteiger partial charge in [0.05, 0.1) is 19.6 Å². The van der Waals surface area contributed by atoms with Crippen molar-refractivity contribution in [1.29, 1.82) is 0 Å². The van der Waals surface area contributed by atoms with Crippen molar-refractivity contribution in [2.75, 3.05) is 32.1 Å². The molecule has 1 atom stereocenters. The normalized spacial score (nSPS) is 18.8. The van der Waals surface area contributed by atoms with Crippen molar-refractivity contribution < 1.29 is 14.3 Å². The van der Waals surface area contributed by atoms with Gasteiger partial charge in [-0.1, -0.05) is 6.07 Å². The van der Waals surface area contributed by atoms with Crippen LogP contribution in [0.5, 0.6) is 0 Å². The monoisotopic (exact) mass is 388 g/mol. The Kier molecular flexibility index (Phi) is 5.36. The van der Waals surface area contributed by atoms with E-state index in [0.717, 1.165) is 22.2 Å². The summed E-state index contributed by atoms with van der Waals surface area (Å²) < 4.78 is 5.81. The Morgan fingerprint density at radius 3 is 3.00 bits per heavy atom. The summed E-state index contributed by atoms with van der Waals surface area (Å²) >= 11 is 2.20. The average molecular weight is 388 g/mol. The van der Waals surface area contributed by atoms with Crippen LogP contribution in [0.4, 0.5) is 5.69 Å². The Bertz CT molecular complexity index is 507. The molecule has 1 aromatic carbocycles. The number of likely N-dealkylation sites (tertiary alicyclic amines) is 1. The highest BCUT2D eigenvalue weighted by Gasteiger charge is 2.29. The van der Waals surface area contributed by atoms with Gasteiger partial charge in [-0.25, -0.2) is 0 Å². The molecule has 1 N–H and O–H groups in total. The van der Waals surface area contributed by atoms with Gasteiger partial charge in [-0.2, -0.15) is 0 Å². The lowest BCUT2D eigenvalue weighted by Crippen LogP contribution is -2.32. The molecule has 0 saturated carbocycles. The molecule has 1 heterocycles. The number of carbonyl (C=O) groups excluding carboxylic acids is 2. The number of rotatable bonds is 4. The van der Waals surface area contributed by atoms with E-state index in [2.05, 4.69) is 27.9 Å². The standard InChI is InChI=1S/C14H17IN2O3/c1-20-14(19)10-5-6-17(8-10)9-13(18)16-12-4-2-3-11(15)7-12/h2-4,7,10H,5-6,8-9H2,1H3,(H,16,18). The molecule has 1 amide bonds. The van der Waals surface area contributed by atoms with Crippen LogP contribution in [0.1, 0.15) is 6.42 Å². The zero-order valence-corrected chi connectivity index (χ0v) is 13.4. The van der Waals surface area contributed by atoms with E-state index in [-0.39, 0.29) is 17.8 Å². The second-order valence-electron chi connectivity index (χ2n) is 4.80. The zero-order chi connectivity index (χ0) is 14.5. The van der Waals surface area contributed by atoms with Crippen molar-refractivity contribution in [2.24, 2.45) is 5.92 Å². The third kappa shape index (κ3) is 4.17. The van der Waals surface area contributed by atoms with Crippen LogP contribution in [0.2, 0.25) is 0 Å². The van der Waals surface area contributed by atoms with E-state index in [1.165, 1.54) is 7.11 Å². The number of nitrogens with zero attached hydrogens (tertiary/aromatic N) is 1. The molecule has 20 heavy (non-hydrogen) atoms. The van der Waals surface area contributed by atoms with Gasteiger partial charge in [0.1, 0.15) is 0 Å². The number of hydrogen-bond acceptors (Lipinski definition) is 4. The number of ether oxygens (including phenoxy) is 1. The average Bonchev–Trinajstić information content (AvgIpc) is 2.86. The van der Waals surface area contributed by atoms with Crippen molar-refractivity contribution in [1.82, 2.24) is 4.90 Å². The predicted molar refractivity (Wildman–Crippen MR) is 84.4 cm³/mol. The van der Waals surface area contributed by atoms with Crippen LogP contribution in [-0.4, -0.2) is 43.5 Å². The first-order valence-electron chi connectivity index (χ1n) is 6.44. The van der Waals surface area contributed by atoms with E-state index in [9.17, 15) is 9.59 Å². The van der Waals surface area contributed by atoms with Gasteiger partial charge in [-0.15, -0.1) is 0 Å². The highest BCUT2D eigenvalue weighted by Crippen LogP contribution is 2.17. The first kappa shape index (κ1) is 15.2. The number of esters is 1. The Labute approximate surface area is 131 Å². The maximum Gasteiger partial charge on any atom is 0.310 e. The van der Waals surface area contributed by atoms with Gasteiger partial charge in [-0.3, -0.25) is 14.5 Å². The number of halogens is 1. The SMILES string of the molecule is COC(=O)C1CCN(CC(=O)Nc2cccc(I)c2)C1. The molecule has 0 spiro atoms. The maximum absolute atomic E-state index is 12.0. The van der Waals surface area contributed by atoms with Gasteiger partial charge in [0.25, 0.3) is 0 Å². The number of benzene rings is 1. The highest BCUT2D eigenvalue weighted by molar-refractivity contribution is 14.1. The minimum Gasteiger partial charge on any atom is -0.469 e. The molecule has 1 saturated heterocycles. The van der Waals surface area contributed by atoms with Gasteiger partial charge in [0.15, 0.2) is 0 Å². The molecule has 0 aliphatic carbocycles. The second-order valence-corrected chi connectivity index (χ2v) is 6.05. The summed E-state index contributed by atoms with van der Waals surface area (Å²) in [5, 5.41) is 2.87. The van der Waals surface area contributed by atoms with Gasteiger partial charge in [-0.05, 0) is 53.8 Å². The molecule has 6 heteroatoms. The summed E-state index contributed by atoms with van der Waals surface area (Å²) in [6.07, 6.45) is 0.753. The van der Waals surface area contributed by atoms with Crippen molar-refractivity contribution in [2.45, 2.75) is 6.42 Å². The lowest BCUT2D eigenvalue weighted by molar-refractivity contribution is -0.145. The Morgan fingerprint density at radius 2 is 2.30 bits per heavy atom. The summed E-state index contributed by atoms with van der Waals surface area (Å²) in [4.78, 5) is 25.4. The molecule has 1 fully saturated rings. The van der Waals surface area contributed by atoms with Crippen molar-refractivity contribution >= 4 is 40.2 Å².